The van der Waals surface area contributed by atoms with Gasteiger partial charge in [0.15, 0.2) is 0 Å². The molecule has 0 spiro atoms. The van der Waals surface area contributed by atoms with Gasteiger partial charge in [0.1, 0.15) is 6.23 Å². The average molecular weight is 400 g/mol. The highest BCUT2D eigenvalue weighted by atomic mass is 16.4. The summed E-state index contributed by atoms with van der Waals surface area (Å²) in [4.78, 5) is 23.5. The number of amides is 1. The first kappa shape index (κ1) is 22.9. The summed E-state index contributed by atoms with van der Waals surface area (Å²) in [5, 5.41) is 21.0. The summed E-state index contributed by atoms with van der Waals surface area (Å²) in [6, 6.07) is 4.30. The number of aliphatic carboxylic acids is 1. The van der Waals surface area contributed by atoms with Crippen LogP contribution in [0.4, 0.5) is 0 Å². The number of fused-ring (bicyclic) bond motifs is 1. The predicted molar refractivity (Wildman–Crippen MR) is 115 cm³/mol. The number of unbranched alkanes of at least 4 members (excludes halogenated alkanes) is 2. The van der Waals surface area contributed by atoms with E-state index in [2.05, 4.69) is 37.5 Å². The van der Waals surface area contributed by atoms with Crippen molar-refractivity contribution in [2.24, 2.45) is 5.92 Å². The second-order valence-electron chi connectivity index (χ2n) is 8.22. The van der Waals surface area contributed by atoms with Crippen molar-refractivity contribution in [2.45, 2.75) is 71.4 Å². The minimum absolute atomic E-state index is 0.199. The molecule has 3 N–H and O–H groups in total. The molecule has 3 unspecified atom stereocenters. The lowest BCUT2D eigenvalue weighted by atomic mass is 9.85. The lowest BCUT2D eigenvalue weighted by Crippen LogP contribution is -2.37. The Morgan fingerprint density at radius 1 is 1.17 bits per heavy atom. The Balaban J connectivity index is 2.31. The van der Waals surface area contributed by atoms with Gasteiger partial charge in [0, 0.05) is 6.42 Å². The fraction of sp³-hybridized carbons (Fsp3) is 0.500. The number of hydrogen-bond donors (Lipinski definition) is 3. The van der Waals surface area contributed by atoms with Crippen LogP contribution in [0, 0.1) is 19.8 Å². The molecule has 1 aliphatic rings. The maximum Gasteiger partial charge on any atom is 0.303 e. The van der Waals surface area contributed by atoms with Crippen molar-refractivity contribution >= 4 is 17.4 Å². The quantitative estimate of drug-likeness (QED) is 0.261. The third kappa shape index (κ3) is 5.80. The van der Waals surface area contributed by atoms with Crippen molar-refractivity contribution < 1.29 is 19.8 Å². The minimum atomic E-state index is -0.935. The van der Waals surface area contributed by atoms with Crippen LogP contribution in [-0.4, -0.2) is 28.3 Å². The molecule has 1 aliphatic carbocycles. The predicted octanol–water partition coefficient (Wildman–Crippen LogP) is 4.47. The van der Waals surface area contributed by atoms with E-state index in [1.54, 1.807) is 0 Å². The van der Waals surface area contributed by atoms with Gasteiger partial charge in [-0.15, -0.1) is 0 Å². The summed E-state index contributed by atoms with van der Waals surface area (Å²) in [5.74, 6) is -1.39. The first-order valence-electron chi connectivity index (χ1n) is 10.3. The molecule has 0 saturated carbocycles. The van der Waals surface area contributed by atoms with Crippen LogP contribution >= 0.6 is 0 Å². The SMILES string of the molecule is C=C1CC(CCCCCC(=O)O)c2cc(C)c(C)cc2C(=C)C1C(=O)NC(C)O. The lowest BCUT2D eigenvalue weighted by Gasteiger charge is -2.21. The minimum Gasteiger partial charge on any atom is -0.481 e. The van der Waals surface area contributed by atoms with Crippen LogP contribution in [0.25, 0.3) is 5.57 Å². The summed E-state index contributed by atoms with van der Waals surface area (Å²) in [6.07, 6.45) is 3.31. The molecule has 1 aromatic carbocycles. The zero-order valence-corrected chi connectivity index (χ0v) is 17.8. The number of carboxylic acid groups (broad SMARTS) is 1. The van der Waals surface area contributed by atoms with Crippen molar-refractivity contribution in [3.8, 4) is 0 Å². The Labute approximate surface area is 173 Å². The number of carbonyl (C=O) groups excluding carboxylic acids is 1. The number of nitrogens with one attached hydrogen (secondary N) is 1. The Hall–Kier alpha value is -2.40. The van der Waals surface area contributed by atoms with Gasteiger partial charge in [0.25, 0.3) is 0 Å². The second-order valence-corrected chi connectivity index (χ2v) is 8.22. The number of aryl methyl sites for hydroxylation is 2. The molecule has 0 aromatic heterocycles. The summed E-state index contributed by atoms with van der Waals surface area (Å²) in [6.45, 7) is 14.1. The van der Waals surface area contributed by atoms with E-state index in [0.717, 1.165) is 41.5 Å². The molecule has 0 fully saturated rings. The highest BCUT2D eigenvalue weighted by Crippen LogP contribution is 2.44. The van der Waals surface area contributed by atoms with Crippen LogP contribution in [0.5, 0.6) is 0 Å². The molecule has 0 bridgehead atoms. The average Bonchev–Trinajstić information content (AvgIpc) is 2.70. The monoisotopic (exact) mass is 399 g/mol. The second kappa shape index (κ2) is 9.88. The van der Waals surface area contributed by atoms with E-state index in [9.17, 15) is 14.7 Å². The molecule has 0 heterocycles. The highest BCUT2D eigenvalue weighted by Gasteiger charge is 2.33. The molecule has 29 heavy (non-hydrogen) atoms. The summed E-state index contributed by atoms with van der Waals surface area (Å²) < 4.78 is 0. The van der Waals surface area contributed by atoms with Gasteiger partial charge in [0.2, 0.25) is 5.91 Å². The number of hydrogen-bond acceptors (Lipinski definition) is 3. The van der Waals surface area contributed by atoms with Gasteiger partial charge in [-0.2, -0.15) is 0 Å². The summed E-state index contributed by atoms with van der Waals surface area (Å²) >= 11 is 0. The molecule has 1 aromatic rings. The molecule has 0 radical (unpaired) electrons. The third-order valence-corrected chi connectivity index (χ3v) is 5.77. The van der Waals surface area contributed by atoms with Crippen molar-refractivity contribution in [1.29, 1.82) is 0 Å². The zero-order chi connectivity index (χ0) is 21.7. The van der Waals surface area contributed by atoms with Crippen LogP contribution in [-0.2, 0) is 9.59 Å². The van der Waals surface area contributed by atoms with Gasteiger partial charge in [-0.25, -0.2) is 0 Å². The normalized spacial score (nSPS) is 20.0. The number of aliphatic hydroxyl groups excluding tert-OH is 1. The molecule has 0 saturated heterocycles. The first-order valence-corrected chi connectivity index (χ1v) is 10.3. The Bertz CT molecular complexity index is 809. The van der Waals surface area contributed by atoms with Crippen molar-refractivity contribution in [3.05, 3.63) is 53.1 Å². The van der Waals surface area contributed by atoms with E-state index in [0.29, 0.717) is 12.8 Å². The van der Waals surface area contributed by atoms with Crippen LogP contribution < -0.4 is 5.32 Å². The topological polar surface area (TPSA) is 86.6 Å². The molecule has 2 rings (SSSR count). The standard InChI is InChI=1S/C24H33NO4/c1-14-12-20-17(4)23(24(29)25-18(5)26)16(3)11-19(21(20)13-15(14)2)9-7-6-8-10-22(27)28/h12-13,18-19,23,26H,3-4,6-11H2,1-2,5H3,(H,25,29)(H,27,28). The van der Waals surface area contributed by atoms with Gasteiger partial charge >= 0.3 is 5.97 Å². The molecule has 0 aliphatic heterocycles. The van der Waals surface area contributed by atoms with Gasteiger partial charge in [-0.3, -0.25) is 9.59 Å². The van der Waals surface area contributed by atoms with Crippen molar-refractivity contribution in [2.75, 3.05) is 0 Å². The molecular formula is C24H33NO4. The van der Waals surface area contributed by atoms with E-state index >= 15 is 0 Å². The van der Waals surface area contributed by atoms with Crippen molar-refractivity contribution in [3.63, 3.8) is 0 Å². The Morgan fingerprint density at radius 3 is 2.45 bits per heavy atom. The zero-order valence-electron chi connectivity index (χ0n) is 17.8. The highest BCUT2D eigenvalue weighted by molar-refractivity contribution is 5.95. The van der Waals surface area contributed by atoms with Gasteiger partial charge in [0.05, 0.1) is 5.92 Å². The van der Waals surface area contributed by atoms with E-state index in [-0.39, 0.29) is 18.2 Å². The smallest absolute Gasteiger partial charge is 0.303 e. The summed E-state index contributed by atoms with van der Waals surface area (Å²) in [5.41, 5.74) is 6.05. The van der Waals surface area contributed by atoms with Crippen LogP contribution in [0.2, 0.25) is 0 Å². The lowest BCUT2D eigenvalue weighted by molar-refractivity contribution is -0.137. The number of rotatable bonds is 8. The molecule has 5 heteroatoms. The molecule has 1 amide bonds. The van der Waals surface area contributed by atoms with Crippen LogP contribution in [0.15, 0.2) is 30.9 Å². The maximum absolute atomic E-state index is 12.8. The van der Waals surface area contributed by atoms with Gasteiger partial charge in [-0.1, -0.05) is 43.7 Å². The molecular weight excluding hydrogens is 366 g/mol. The van der Waals surface area contributed by atoms with Crippen LogP contribution in [0.1, 0.15) is 73.6 Å². The van der Waals surface area contributed by atoms with E-state index in [1.165, 1.54) is 18.1 Å². The first-order chi connectivity index (χ1) is 13.6. The molecule has 5 nitrogen and oxygen atoms in total. The van der Waals surface area contributed by atoms with Crippen molar-refractivity contribution in [1.82, 2.24) is 5.32 Å². The van der Waals surface area contributed by atoms with Gasteiger partial charge in [-0.05, 0) is 73.8 Å². The number of aliphatic hydroxyl groups is 1. The Kier molecular flexibility index (Phi) is 7.80. The Morgan fingerprint density at radius 2 is 1.83 bits per heavy atom. The summed E-state index contributed by atoms with van der Waals surface area (Å²) in [7, 11) is 0. The fourth-order valence-electron chi connectivity index (χ4n) is 4.13. The van der Waals surface area contributed by atoms with E-state index in [4.69, 9.17) is 5.11 Å². The molecule has 3 atom stereocenters. The number of benzene rings is 1. The third-order valence-electron chi connectivity index (χ3n) is 5.77. The van der Waals surface area contributed by atoms with E-state index < -0.39 is 18.1 Å². The largest absolute Gasteiger partial charge is 0.481 e. The number of carbonyl (C=O) groups is 2. The van der Waals surface area contributed by atoms with Crippen LogP contribution in [0.3, 0.4) is 0 Å². The number of carboxylic acids is 1. The molecule has 158 valence electrons. The fourth-order valence-corrected chi connectivity index (χ4v) is 4.13. The van der Waals surface area contributed by atoms with E-state index in [1.807, 2.05) is 6.92 Å². The maximum atomic E-state index is 12.8. The van der Waals surface area contributed by atoms with Gasteiger partial charge < -0.3 is 15.5 Å².